The molecule has 0 aliphatic rings. The van der Waals surface area contributed by atoms with Crippen LogP contribution in [0, 0.1) is 6.92 Å². The van der Waals surface area contributed by atoms with Crippen LogP contribution in [0.15, 0.2) is 30.7 Å². The van der Waals surface area contributed by atoms with Crippen molar-refractivity contribution < 1.29 is 4.79 Å². The Bertz CT molecular complexity index is 478. The molecule has 0 saturated heterocycles. The molecular weight excluding hydrogens is 204 g/mol. The first-order valence-corrected chi connectivity index (χ1v) is 4.95. The van der Waals surface area contributed by atoms with Crippen LogP contribution in [0.2, 0.25) is 0 Å². The van der Waals surface area contributed by atoms with Gasteiger partial charge in [-0.05, 0) is 18.6 Å². The van der Waals surface area contributed by atoms with Crippen molar-refractivity contribution in [1.29, 1.82) is 0 Å². The normalized spacial score (nSPS) is 10.1. The van der Waals surface area contributed by atoms with E-state index < -0.39 is 0 Å². The standard InChI is InChI=1S/C11H12N4O/c1-8-3-2-4-12-9(8)7-10(16)15-11-13-5-6-14-11/h2-6H,7H2,1H3,(H2,13,14,15,16). The highest BCUT2D eigenvalue weighted by Crippen LogP contribution is 2.05. The Morgan fingerprint density at radius 2 is 2.31 bits per heavy atom. The van der Waals surface area contributed by atoms with E-state index in [4.69, 9.17) is 0 Å². The first-order chi connectivity index (χ1) is 7.75. The van der Waals surface area contributed by atoms with E-state index in [1.54, 1.807) is 18.6 Å². The highest BCUT2D eigenvalue weighted by molar-refractivity contribution is 5.90. The van der Waals surface area contributed by atoms with Crippen molar-refractivity contribution in [3.8, 4) is 0 Å². The fraction of sp³-hybridized carbons (Fsp3) is 0.182. The van der Waals surface area contributed by atoms with Crippen LogP contribution in [0.4, 0.5) is 5.95 Å². The largest absolute Gasteiger partial charge is 0.331 e. The van der Waals surface area contributed by atoms with Crippen LogP contribution in [0.1, 0.15) is 11.3 Å². The van der Waals surface area contributed by atoms with Gasteiger partial charge in [0, 0.05) is 18.6 Å². The second-order valence-corrected chi connectivity index (χ2v) is 3.43. The molecule has 2 rings (SSSR count). The molecule has 2 aromatic heterocycles. The van der Waals surface area contributed by atoms with E-state index in [9.17, 15) is 4.79 Å². The van der Waals surface area contributed by atoms with Gasteiger partial charge in [0.15, 0.2) is 0 Å². The molecule has 0 bridgehead atoms. The summed E-state index contributed by atoms with van der Waals surface area (Å²) in [7, 11) is 0. The molecule has 2 aromatic rings. The molecule has 0 spiro atoms. The number of amides is 1. The number of aromatic amines is 1. The molecule has 5 nitrogen and oxygen atoms in total. The maximum absolute atomic E-state index is 11.6. The zero-order valence-electron chi connectivity index (χ0n) is 8.90. The molecule has 0 atom stereocenters. The summed E-state index contributed by atoms with van der Waals surface area (Å²) in [5.41, 5.74) is 1.80. The minimum absolute atomic E-state index is 0.128. The number of carbonyl (C=O) groups excluding carboxylic acids is 1. The van der Waals surface area contributed by atoms with Crippen molar-refractivity contribution in [3.05, 3.63) is 42.0 Å². The van der Waals surface area contributed by atoms with Crippen LogP contribution in [0.25, 0.3) is 0 Å². The van der Waals surface area contributed by atoms with Gasteiger partial charge in [0.1, 0.15) is 0 Å². The van der Waals surface area contributed by atoms with E-state index in [2.05, 4.69) is 20.3 Å². The molecule has 0 aromatic carbocycles. The molecule has 0 radical (unpaired) electrons. The van der Waals surface area contributed by atoms with Gasteiger partial charge >= 0.3 is 0 Å². The molecule has 2 N–H and O–H groups in total. The highest BCUT2D eigenvalue weighted by atomic mass is 16.1. The maximum atomic E-state index is 11.6. The fourth-order valence-corrected chi connectivity index (χ4v) is 1.37. The molecule has 0 unspecified atom stereocenters. The molecule has 82 valence electrons. The van der Waals surface area contributed by atoms with E-state index >= 15 is 0 Å². The monoisotopic (exact) mass is 216 g/mol. The lowest BCUT2D eigenvalue weighted by Crippen LogP contribution is -2.16. The van der Waals surface area contributed by atoms with Gasteiger partial charge in [0.05, 0.1) is 12.1 Å². The Kier molecular flexibility index (Phi) is 2.95. The molecule has 5 heteroatoms. The number of rotatable bonds is 3. The van der Waals surface area contributed by atoms with Crippen molar-refractivity contribution in [2.24, 2.45) is 0 Å². The number of pyridine rings is 1. The smallest absolute Gasteiger partial charge is 0.232 e. The molecule has 0 aliphatic heterocycles. The Labute approximate surface area is 92.9 Å². The quantitative estimate of drug-likeness (QED) is 0.812. The lowest BCUT2D eigenvalue weighted by molar-refractivity contribution is -0.115. The first kappa shape index (κ1) is 10.4. The molecule has 0 saturated carbocycles. The zero-order valence-corrected chi connectivity index (χ0v) is 8.90. The third kappa shape index (κ3) is 2.44. The van der Waals surface area contributed by atoms with Crippen LogP contribution in [-0.4, -0.2) is 20.9 Å². The Balaban J connectivity index is 2.00. The number of carbonyl (C=O) groups is 1. The van der Waals surface area contributed by atoms with Crippen molar-refractivity contribution in [2.45, 2.75) is 13.3 Å². The Morgan fingerprint density at radius 3 is 3.00 bits per heavy atom. The number of nitrogens with zero attached hydrogens (tertiary/aromatic N) is 2. The first-order valence-electron chi connectivity index (χ1n) is 4.95. The topological polar surface area (TPSA) is 70.7 Å². The SMILES string of the molecule is Cc1cccnc1CC(=O)Nc1ncc[nH]1. The third-order valence-electron chi connectivity index (χ3n) is 2.20. The Hall–Kier alpha value is -2.17. The summed E-state index contributed by atoms with van der Waals surface area (Å²) in [6.45, 7) is 1.93. The summed E-state index contributed by atoms with van der Waals surface area (Å²) < 4.78 is 0. The maximum Gasteiger partial charge on any atom is 0.232 e. The lowest BCUT2D eigenvalue weighted by Gasteiger charge is -2.03. The predicted octanol–water partition coefficient (Wildman–Crippen LogP) is 1.29. The van der Waals surface area contributed by atoms with Crippen molar-refractivity contribution >= 4 is 11.9 Å². The summed E-state index contributed by atoms with van der Waals surface area (Å²) >= 11 is 0. The third-order valence-corrected chi connectivity index (χ3v) is 2.20. The summed E-state index contributed by atoms with van der Waals surface area (Å²) in [6.07, 6.45) is 5.18. The van der Waals surface area contributed by atoms with Gasteiger partial charge in [0.25, 0.3) is 0 Å². The number of aromatic nitrogens is 3. The van der Waals surface area contributed by atoms with Crippen LogP contribution in [0.5, 0.6) is 0 Å². The van der Waals surface area contributed by atoms with Crippen LogP contribution < -0.4 is 5.32 Å². The number of hydrogen-bond donors (Lipinski definition) is 2. The van der Waals surface area contributed by atoms with E-state index in [0.717, 1.165) is 11.3 Å². The van der Waals surface area contributed by atoms with Gasteiger partial charge in [-0.25, -0.2) is 4.98 Å². The number of hydrogen-bond acceptors (Lipinski definition) is 3. The average molecular weight is 216 g/mol. The number of anilines is 1. The second kappa shape index (κ2) is 4.57. The lowest BCUT2D eigenvalue weighted by atomic mass is 10.1. The number of nitrogens with one attached hydrogen (secondary N) is 2. The minimum atomic E-state index is -0.128. The number of aryl methyl sites for hydroxylation is 1. The van der Waals surface area contributed by atoms with E-state index in [-0.39, 0.29) is 12.3 Å². The molecule has 1 amide bonds. The van der Waals surface area contributed by atoms with Crippen molar-refractivity contribution in [3.63, 3.8) is 0 Å². The number of H-pyrrole nitrogens is 1. The summed E-state index contributed by atoms with van der Waals surface area (Å²) in [5.74, 6) is 0.329. The van der Waals surface area contributed by atoms with Crippen LogP contribution in [0.3, 0.4) is 0 Å². The van der Waals surface area contributed by atoms with E-state index in [1.807, 2.05) is 19.1 Å². The van der Waals surface area contributed by atoms with Crippen LogP contribution in [-0.2, 0) is 11.2 Å². The van der Waals surface area contributed by atoms with Crippen molar-refractivity contribution in [2.75, 3.05) is 5.32 Å². The zero-order chi connectivity index (χ0) is 11.4. The van der Waals surface area contributed by atoms with Gasteiger partial charge in [-0.2, -0.15) is 0 Å². The van der Waals surface area contributed by atoms with Crippen molar-refractivity contribution in [1.82, 2.24) is 15.0 Å². The molecule has 0 aliphatic carbocycles. The van der Waals surface area contributed by atoms with Gasteiger partial charge < -0.3 is 4.98 Å². The van der Waals surface area contributed by atoms with E-state index in [1.165, 1.54) is 0 Å². The fourth-order valence-electron chi connectivity index (χ4n) is 1.37. The second-order valence-electron chi connectivity index (χ2n) is 3.43. The van der Waals surface area contributed by atoms with Crippen LogP contribution >= 0.6 is 0 Å². The highest BCUT2D eigenvalue weighted by Gasteiger charge is 2.07. The Morgan fingerprint density at radius 1 is 1.44 bits per heavy atom. The average Bonchev–Trinajstić information content (AvgIpc) is 2.74. The van der Waals surface area contributed by atoms with E-state index in [0.29, 0.717) is 5.95 Å². The van der Waals surface area contributed by atoms with Gasteiger partial charge in [-0.3, -0.25) is 15.1 Å². The summed E-state index contributed by atoms with van der Waals surface area (Å²) in [6, 6.07) is 3.78. The molecular formula is C11H12N4O. The molecule has 0 fully saturated rings. The van der Waals surface area contributed by atoms with Gasteiger partial charge in [-0.1, -0.05) is 6.07 Å². The molecule has 2 heterocycles. The summed E-state index contributed by atoms with van der Waals surface area (Å²) in [4.78, 5) is 22.5. The minimum Gasteiger partial charge on any atom is -0.331 e. The predicted molar refractivity (Wildman–Crippen MR) is 59.9 cm³/mol. The number of imidazole rings is 1. The van der Waals surface area contributed by atoms with Gasteiger partial charge in [-0.15, -0.1) is 0 Å². The summed E-state index contributed by atoms with van der Waals surface area (Å²) in [5, 5.41) is 2.65. The molecule has 16 heavy (non-hydrogen) atoms. The van der Waals surface area contributed by atoms with Gasteiger partial charge in [0.2, 0.25) is 11.9 Å².